The maximum atomic E-state index is 13.8. The van der Waals surface area contributed by atoms with Crippen LogP contribution in [0.15, 0.2) is 18.2 Å². The van der Waals surface area contributed by atoms with E-state index in [1.807, 2.05) is 0 Å². The van der Waals surface area contributed by atoms with Crippen LogP contribution in [0.3, 0.4) is 0 Å². The zero-order chi connectivity index (χ0) is 13.2. The van der Waals surface area contributed by atoms with Gasteiger partial charge in [0.15, 0.2) is 0 Å². The topological polar surface area (TPSA) is 41.1 Å². The van der Waals surface area contributed by atoms with Crippen molar-refractivity contribution in [2.45, 2.75) is 20.3 Å². The Balaban J connectivity index is 2.01. The molecule has 0 aromatic heterocycles. The van der Waals surface area contributed by atoms with Crippen LogP contribution in [0.25, 0.3) is 0 Å². The highest BCUT2D eigenvalue weighted by molar-refractivity contribution is 5.94. The molecule has 4 heteroatoms. The van der Waals surface area contributed by atoms with Gasteiger partial charge >= 0.3 is 0 Å². The summed E-state index contributed by atoms with van der Waals surface area (Å²) in [4.78, 5) is 11.9. The minimum Gasteiger partial charge on any atom is -0.351 e. The van der Waals surface area contributed by atoms with Crippen molar-refractivity contribution in [1.29, 1.82) is 0 Å². The van der Waals surface area contributed by atoms with Gasteiger partial charge in [-0.1, -0.05) is 19.1 Å². The number of carbonyl (C=O) groups is 1. The van der Waals surface area contributed by atoms with Crippen LogP contribution in [0.4, 0.5) is 4.39 Å². The Labute approximate surface area is 107 Å². The monoisotopic (exact) mass is 250 g/mol. The molecule has 1 aromatic carbocycles. The lowest BCUT2D eigenvalue weighted by molar-refractivity contribution is 0.0932. The fourth-order valence-electron chi connectivity index (χ4n) is 2.23. The van der Waals surface area contributed by atoms with Gasteiger partial charge in [-0.05, 0) is 36.9 Å². The van der Waals surface area contributed by atoms with Crippen LogP contribution in [-0.2, 0) is 0 Å². The lowest BCUT2D eigenvalue weighted by Crippen LogP contribution is -2.37. The van der Waals surface area contributed by atoms with Gasteiger partial charge in [0.25, 0.3) is 5.91 Å². The maximum Gasteiger partial charge on any atom is 0.254 e. The summed E-state index contributed by atoms with van der Waals surface area (Å²) in [5, 5.41) is 6.10. The van der Waals surface area contributed by atoms with E-state index in [4.69, 9.17) is 0 Å². The highest BCUT2D eigenvalue weighted by Gasteiger charge is 2.29. The van der Waals surface area contributed by atoms with Gasteiger partial charge in [-0.3, -0.25) is 4.79 Å². The Morgan fingerprint density at radius 1 is 1.56 bits per heavy atom. The third kappa shape index (κ3) is 2.70. The van der Waals surface area contributed by atoms with Crippen molar-refractivity contribution >= 4 is 5.91 Å². The Morgan fingerprint density at radius 3 is 3.00 bits per heavy atom. The first-order chi connectivity index (χ1) is 8.52. The molecule has 2 N–H and O–H groups in total. The zero-order valence-corrected chi connectivity index (χ0v) is 10.8. The second-order valence-electron chi connectivity index (χ2n) is 5.36. The van der Waals surface area contributed by atoms with Gasteiger partial charge in [-0.15, -0.1) is 0 Å². The molecule has 1 aliphatic heterocycles. The van der Waals surface area contributed by atoms with E-state index in [2.05, 4.69) is 17.6 Å². The quantitative estimate of drug-likeness (QED) is 0.859. The summed E-state index contributed by atoms with van der Waals surface area (Å²) in [7, 11) is 0. The van der Waals surface area contributed by atoms with Crippen molar-refractivity contribution in [3.8, 4) is 0 Å². The molecule has 1 fully saturated rings. The Morgan fingerprint density at radius 2 is 2.33 bits per heavy atom. The first kappa shape index (κ1) is 13.0. The number of rotatable bonds is 3. The molecule has 1 atom stereocenters. The summed E-state index contributed by atoms with van der Waals surface area (Å²) >= 11 is 0. The van der Waals surface area contributed by atoms with Crippen molar-refractivity contribution in [2.75, 3.05) is 19.6 Å². The molecule has 0 spiro atoms. The van der Waals surface area contributed by atoms with Gasteiger partial charge in [0.1, 0.15) is 5.82 Å². The standard InChI is InChI=1S/C14H19FN2O/c1-10-4-3-5-11(12(10)15)13(18)17-9-14(2)6-7-16-8-14/h3-5,16H,6-9H2,1-2H3,(H,17,18). The van der Waals surface area contributed by atoms with Gasteiger partial charge < -0.3 is 10.6 Å². The number of aryl methyl sites for hydroxylation is 1. The number of amides is 1. The van der Waals surface area contributed by atoms with E-state index in [1.54, 1.807) is 19.1 Å². The number of carbonyl (C=O) groups excluding carboxylic acids is 1. The minimum atomic E-state index is -0.426. The van der Waals surface area contributed by atoms with Crippen LogP contribution >= 0.6 is 0 Å². The molecule has 0 bridgehead atoms. The predicted molar refractivity (Wildman–Crippen MR) is 69.1 cm³/mol. The maximum absolute atomic E-state index is 13.8. The molecule has 2 rings (SSSR count). The lowest BCUT2D eigenvalue weighted by atomic mass is 9.90. The number of hydrogen-bond donors (Lipinski definition) is 2. The second kappa shape index (κ2) is 5.06. The molecule has 1 saturated heterocycles. The zero-order valence-electron chi connectivity index (χ0n) is 10.8. The SMILES string of the molecule is Cc1cccc(C(=O)NCC2(C)CCNC2)c1F. The molecule has 1 aromatic rings. The molecule has 1 unspecified atom stereocenters. The van der Waals surface area contributed by atoms with Gasteiger partial charge in [-0.2, -0.15) is 0 Å². The summed E-state index contributed by atoms with van der Waals surface area (Å²) in [6.45, 7) is 6.23. The van der Waals surface area contributed by atoms with Gasteiger partial charge in [0.2, 0.25) is 0 Å². The molecular weight excluding hydrogens is 231 g/mol. The molecule has 1 aliphatic rings. The van der Waals surface area contributed by atoms with Gasteiger partial charge in [0, 0.05) is 13.1 Å². The van der Waals surface area contributed by atoms with Crippen LogP contribution in [0.5, 0.6) is 0 Å². The molecule has 1 heterocycles. The van der Waals surface area contributed by atoms with Crippen LogP contribution in [0, 0.1) is 18.2 Å². The predicted octanol–water partition coefficient (Wildman–Crippen LogP) is 1.86. The summed E-state index contributed by atoms with van der Waals surface area (Å²) < 4.78 is 13.8. The fraction of sp³-hybridized carbons (Fsp3) is 0.500. The molecule has 0 radical (unpaired) electrons. The Kier molecular flexibility index (Phi) is 3.66. The average Bonchev–Trinajstić information content (AvgIpc) is 2.77. The normalized spacial score (nSPS) is 23.1. The molecule has 0 aliphatic carbocycles. The Bertz CT molecular complexity index is 453. The molecule has 3 nitrogen and oxygen atoms in total. The number of nitrogens with one attached hydrogen (secondary N) is 2. The van der Waals surface area contributed by atoms with E-state index in [0.717, 1.165) is 19.5 Å². The van der Waals surface area contributed by atoms with Crippen molar-refractivity contribution < 1.29 is 9.18 Å². The van der Waals surface area contributed by atoms with E-state index in [-0.39, 0.29) is 16.9 Å². The molecule has 18 heavy (non-hydrogen) atoms. The van der Waals surface area contributed by atoms with E-state index in [9.17, 15) is 9.18 Å². The largest absolute Gasteiger partial charge is 0.351 e. The Hall–Kier alpha value is -1.42. The third-order valence-electron chi connectivity index (χ3n) is 3.57. The number of benzene rings is 1. The van der Waals surface area contributed by atoms with Gasteiger partial charge in [-0.25, -0.2) is 4.39 Å². The van der Waals surface area contributed by atoms with Crippen molar-refractivity contribution in [3.05, 3.63) is 35.1 Å². The molecule has 0 saturated carbocycles. The smallest absolute Gasteiger partial charge is 0.254 e. The first-order valence-corrected chi connectivity index (χ1v) is 6.26. The van der Waals surface area contributed by atoms with Crippen LogP contribution in [-0.4, -0.2) is 25.5 Å². The van der Waals surface area contributed by atoms with E-state index >= 15 is 0 Å². The minimum absolute atomic E-state index is 0.0793. The number of halogens is 1. The summed E-state index contributed by atoms with van der Waals surface area (Å²) in [6.07, 6.45) is 1.03. The average molecular weight is 250 g/mol. The fourth-order valence-corrected chi connectivity index (χ4v) is 2.23. The van der Waals surface area contributed by atoms with Crippen molar-refractivity contribution in [2.24, 2.45) is 5.41 Å². The van der Waals surface area contributed by atoms with Gasteiger partial charge in [0.05, 0.1) is 5.56 Å². The van der Waals surface area contributed by atoms with E-state index < -0.39 is 5.82 Å². The van der Waals surface area contributed by atoms with Crippen LogP contribution in [0.2, 0.25) is 0 Å². The van der Waals surface area contributed by atoms with Crippen molar-refractivity contribution in [1.82, 2.24) is 10.6 Å². The first-order valence-electron chi connectivity index (χ1n) is 6.26. The van der Waals surface area contributed by atoms with E-state index in [0.29, 0.717) is 12.1 Å². The lowest BCUT2D eigenvalue weighted by Gasteiger charge is -2.22. The molecule has 98 valence electrons. The highest BCUT2D eigenvalue weighted by Crippen LogP contribution is 2.23. The highest BCUT2D eigenvalue weighted by atomic mass is 19.1. The molecule has 1 amide bonds. The summed E-state index contributed by atoms with van der Waals surface area (Å²) in [5.74, 6) is -0.756. The molecular formula is C14H19FN2O. The summed E-state index contributed by atoms with van der Waals surface area (Å²) in [6, 6.07) is 4.88. The van der Waals surface area contributed by atoms with Crippen molar-refractivity contribution in [3.63, 3.8) is 0 Å². The van der Waals surface area contributed by atoms with Crippen LogP contribution < -0.4 is 10.6 Å². The second-order valence-corrected chi connectivity index (χ2v) is 5.36. The van der Waals surface area contributed by atoms with E-state index in [1.165, 1.54) is 6.07 Å². The summed E-state index contributed by atoms with van der Waals surface area (Å²) in [5.41, 5.74) is 0.705. The third-order valence-corrected chi connectivity index (χ3v) is 3.57. The number of hydrogen-bond acceptors (Lipinski definition) is 2. The van der Waals surface area contributed by atoms with Crippen LogP contribution in [0.1, 0.15) is 29.3 Å².